The van der Waals surface area contributed by atoms with Crippen LogP contribution >= 0.6 is 0 Å². The van der Waals surface area contributed by atoms with Crippen LogP contribution in [0.4, 0.5) is 13.2 Å². The molecule has 0 saturated heterocycles. The largest absolute Gasteiger partial charge is 0.416 e. The van der Waals surface area contributed by atoms with Crippen molar-refractivity contribution >= 4 is 9.84 Å². The van der Waals surface area contributed by atoms with E-state index in [1.54, 1.807) is 24.3 Å². The summed E-state index contributed by atoms with van der Waals surface area (Å²) >= 11 is 0. The van der Waals surface area contributed by atoms with Gasteiger partial charge in [-0.2, -0.15) is 23.5 Å². The lowest BCUT2D eigenvalue weighted by Crippen LogP contribution is -2.44. The molecule has 0 aliphatic rings. The Balaban J connectivity index is 2.07. The number of hydrogen-bond donors (Lipinski definition) is 0. The van der Waals surface area contributed by atoms with E-state index in [0.29, 0.717) is 11.3 Å². The monoisotopic (exact) mass is 557 g/mol. The Labute approximate surface area is 220 Å². The van der Waals surface area contributed by atoms with Gasteiger partial charge in [0.2, 0.25) is 0 Å². The maximum atomic E-state index is 13.8. The molecule has 0 spiro atoms. The second-order valence-electron chi connectivity index (χ2n) is 9.03. The molecule has 0 saturated carbocycles. The Hall–Kier alpha value is -4.44. The van der Waals surface area contributed by atoms with Gasteiger partial charge >= 0.3 is 11.9 Å². The third kappa shape index (κ3) is 5.42. The van der Waals surface area contributed by atoms with Crippen molar-refractivity contribution in [2.24, 2.45) is 0 Å². The summed E-state index contributed by atoms with van der Waals surface area (Å²) in [5.41, 5.74) is -1.93. The molecular formula is C26H22F3N5O4S. The van der Waals surface area contributed by atoms with Crippen molar-refractivity contribution in [3.8, 4) is 28.7 Å². The fourth-order valence-corrected chi connectivity index (χ4v) is 5.45. The maximum Gasteiger partial charge on any atom is 0.416 e. The predicted molar refractivity (Wildman–Crippen MR) is 138 cm³/mol. The molecule has 0 radical (unpaired) electrons. The number of halogens is 3. The Kier molecular flexibility index (Phi) is 7.10. The van der Waals surface area contributed by atoms with Gasteiger partial charge in [-0.3, -0.25) is 13.9 Å². The van der Waals surface area contributed by atoms with Crippen LogP contribution in [0.5, 0.6) is 0 Å². The predicted octanol–water partition coefficient (Wildman–Crippen LogP) is 3.66. The fraction of sp³-hybridized carbons (Fsp3) is 0.231. The van der Waals surface area contributed by atoms with Gasteiger partial charge in [0.15, 0.2) is 0 Å². The van der Waals surface area contributed by atoms with Gasteiger partial charge in [0.25, 0.3) is 5.56 Å². The first-order chi connectivity index (χ1) is 18.2. The van der Waals surface area contributed by atoms with Gasteiger partial charge in [-0.05, 0) is 62.4 Å². The highest BCUT2D eigenvalue weighted by Gasteiger charge is 2.31. The van der Waals surface area contributed by atoms with E-state index in [0.717, 1.165) is 33.6 Å². The van der Waals surface area contributed by atoms with Gasteiger partial charge in [0, 0.05) is 11.9 Å². The van der Waals surface area contributed by atoms with Crippen molar-refractivity contribution in [1.29, 1.82) is 5.26 Å². The minimum atomic E-state index is -4.69. The van der Waals surface area contributed by atoms with Crippen LogP contribution in [0.15, 0.2) is 70.4 Å². The molecule has 4 aromatic rings. The third-order valence-electron chi connectivity index (χ3n) is 6.08. The molecule has 0 aliphatic heterocycles. The lowest BCUT2D eigenvalue weighted by molar-refractivity contribution is -0.137. The number of hydrogen-bond acceptors (Lipinski definition) is 6. The molecule has 0 amide bonds. The zero-order chi connectivity index (χ0) is 28.7. The van der Waals surface area contributed by atoms with E-state index in [9.17, 15) is 31.2 Å². The molecule has 0 fully saturated rings. The number of nitrogens with zero attached hydrogens (tertiary/aromatic N) is 5. The number of aromatic nitrogens is 4. The van der Waals surface area contributed by atoms with Crippen LogP contribution < -0.4 is 11.2 Å². The molecule has 4 rings (SSSR count). The molecule has 9 nitrogen and oxygen atoms in total. The van der Waals surface area contributed by atoms with E-state index in [1.165, 1.54) is 36.9 Å². The van der Waals surface area contributed by atoms with E-state index in [2.05, 4.69) is 5.10 Å². The third-order valence-corrected chi connectivity index (χ3v) is 7.17. The molecule has 0 bridgehead atoms. The molecule has 2 aromatic carbocycles. The maximum absolute atomic E-state index is 13.8. The first kappa shape index (κ1) is 27.6. The number of benzene rings is 2. The van der Waals surface area contributed by atoms with Gasteiger partial charge in [-0.1, -0.05) is 6.07 Å². The lowest BCUT2D eigenvalue weighted by Gasteiger charge is -2.21. The first-order valence-electron chi connectivity index (χ1n) is 11.5. The summed E-state index contributed by atoms with van der Waals surface area (Å²) in [5.74, 6) is -0.553. The number of nitriles is 1. The van der Waals surface area contributed by atoms with Crippen LogP contribution in [0.25, 0.3) is 22.6 Å². The van der Waals surface area contributed by atoms with E-state index in [-0.39, 0.29) is 22.6 Å². The molecule has 0 aliphatic carbocycles. The summed E-state index contributed by atoms with van der Waals surface area (Å²) in [6, 6.07) is 12.7. The van der Waals surface area contributed by atoms with Crippen molar-refractivity contribution in [3.63, 3.8) is 0 Å². The Morgan fingerprint density at radius 1 is 1.05 bits per heavy atom. The quantitative estimate of drug-likeness (QED) is 0.357. The molecule has 202 valence electrons. The highest BCUT2D eigenvalue weighted by molar-refractivity contribution is 7.90. The average molecular weight is 558 g/mol. The summed E-state index contributed by atoms with van der Waals surface area (Å²) < 4.78 is 67.6. The molecule has 13 heteroatoms. The molecular weight excluding hydrogens is 535 g/mol. The fourth-order valence-electron chi connectivity index (χ4n) is 4.42. The second kappa shape index (κ2) is 10.0. The van der Waals surface area contributed by atoms with Crippen molar-refractivity contribution < 1.29 is 21.6 Å². The Morgan fingerprint density at radius 2 is 1.72 bits per heavy atom. The summed E-state index contributed by atoms with van der Waals surface area (Å²) in [4.78, 5) is 27.5. The Morgan fingerprint density at radius 3 is 2.31 bits per heavy atom. The molecule has 39 heavy (non-hydrogen) atoms. The average Bonchev–Trinajstić information content (AvgIpc) is 3.32. The van der Waals surface area contributed by atoms with E-state index >= 15 is 0 Å². The second-order valence-corrected chi connectivity index (χ2v) is 11.2. The van der Waals surface area contributed by atoms with Crippen molar-refractivity contribution in [1.82, 2.24) is 18.9 Å². The zero-order valence-electron chi connectivity index (χ0n) is 21.0. The highest BCUT2D eigenvalue weighted by atomic mass is 32.2. The zero-order valence-corrected chi connectivity index (χ0v) is 21.8. The van der Waals surface area contributed by atoms with Crippen LogP contribution in [0.2, 0.25) is 0 Å². The standard InChI is InChI=1S/C26H22F3N5O4S/c1-16(15-39(3,37)38)32-24(35)23(22-11-12-31-34(22)20-9-7-18(14-30)8-10-20)17(2)33(25(32)36)21-6-4-5-19(13-21)26(27,28)29/h4-13,16H,15H2,1-3H3/t16-/m1/s1. The lowest BCUT2D eigenvalue weighted by atomic mass is 10.1. The van der Waals surface area contributed by atoms with Crippen LogP contribution in [-0.4, -0.2) is 39.3 Å². The van der Waals surface area contributed by atoms with Crippen molar-refractivity contribution in [2.75, 3.05) is 12.0 Å². The van der Waals surface area contributed by atoms with Crippen LogP contribution in [0.1, 0.15) is 29.8 Å². The smallest absolute Gasteiger partial charge is 0.268 e. The molecule has 1 atom stereocenters. The van der Waals surface area contributed by atoms with Gasteiger partial charge in [0.05, 0.1) is 57.8 Å². The summed E-state index contributed by atoms with van der Waals surface area (Å²) in [5, 5.41) is 13.4. The SMILES string of the molecule is Cc1c(-c2ccnn2-c2ccc(C#N)cc2)c(=O)n([C@H](C)CS(C)(=O)=O)c(=O)n1-c1cccc(C(F)(F)F)c1. The molecule has 0 N–H and O–H groups in total. The number of sulfone groups is 1. The van der Waals surface area contributed by atoms with Gasteiger partial charge in [0.1, 0.15) is 9.84 Å². The number of alkyl halides is 3. The van der Waals surface area contributed by atoms with Gasteiger partial charge < -0.3 is 0 Å². The van der Waals surface area contributed by atoms with Crippen LogP contribution in [-0.2, 0) is 16.0 Å². The van der Waals surface area contributed by atoms with E-state index in [4.69, 9.17) is 5.26 Å². The highest BCUT2D eigenvalue weighted by Crippen LogP contribution is 2.31. The number of rotatable bonds is 6. The summed E-state index contributed by atoms with van der Waals surface area (Å²) in [7, 11) is -3.64. The van der Waals surface area contributed by atoms with Crippen LogP contribution in [0, 0.1) is 18.3 Å². The molecule has 2 heterocycles. The topological polar surface area (TPSA) is 120 Å². The minimum Gasteiger partial charge on any atom is -0.268 e. The van der Waals surface area contributed by atoms with E-state index in [1.807, 2.05) is 6.07 Å². The Bertz CT molecular complexity index is 1830. The van der Waals surface area contributed by atoms with Crippen LogP contribution in [0.3, 0.4) is 0 Å². The van der Waals surface area contributed by atoms with Crippen molar-refractivity contribution in [2.45, 2.75) is 26.1 Å². The summed E-state index contributed by atoms with van der Waals surface area (Å²) in [6.07, 6.45) is -2.34. The normalized spacial score (nSPS) is 12.7. The summed E-state index contributed by atoms with van der Waals surface area (Å²) in [6.45, 7) is 2.79. The van der Waals surface area contributed by atoms with Gasteiger partial charge in [-0.25, -0.2) is 17.9 Å². The first-order valence-corrected chi connectivity index (χ1v) is 13.6. The molecule has 0 unspecified atom stereocenters. The van der Waals surface area contributed by atoms with Crippen molar-refractivity contribution in [3.05, 3.63) is 98.5 Å². The molecule has 2 aromatic heterocycles. The van der Waals surface area contributed by atoms with E-state index < -0.39 is 44.6 Å². The minimum absolute atomic E-state index is 0.0301. The van der Waals surface area contributed by atoms with Gasteiger partial charge in [-0.15, -0.1) is 0 Å².